The standard InChI is InChI=1S/C26H36OSi/c1-7-28(8-2,9-3)26(25(27)19-23-13-11-10-12-14-23)16-15-24-21(5)17-20(4)18-22(24)6/h10-18,26H,7-9,19H2,1-6H3/b16-15+. The summed E-state index contributed by atoms with van der Waals surface area (Å²) in [7, 11) is -1.70. The minimum atomic E-state index is -1.70. The van der Waals surface area contributed by atoms with E-state index < -0.39 is 8.07 Å². The minimum absolute atomic E-state index is 0.0767. The van der Waals surface area contributed by atoms with Crippen LogP contribution in [-0.4, -0.2) is 13.9 Å². The summed E-state index contributed by atoms with van der Waals surface area (Å²) in [4.78, 5) is 13.5. The molecule has 0 radical (unpaired) electrons. The second-order valence-corrected chi connectivity index (χ2v) is 13.7. The summed E-state index contributed by atoms with van der Waals surface area (Å²) in [5.41, 5.74) is 6.35. The van der Waals surface area contributed by atoms with Crippen molar-refractivity contribution in [3.63, 3.8) is 0 Å². The van der Waals surface area contributed by atoms with E-state index in [1.807, 2.05) is 18.2 Å². The van der Waals surface area contributed by atoms with Gasteiger partial charge in [-0.05, 0) is 43.0 Å². The molecule has 1 atom stereocenters. The van der Waals surface area contributed by atoms with Crippen LogP contribution in [0.5, 0.6) is 0 Å². The molecule has 1 unspecified atom stereocenters. The average molecular weight is 393 g/mol. The van der Waals surface area contributed by atoms with Gasteiger partial charge in [-0.15, -0.1) is 0 Å². The van der Waals surface area contributed by atoms with Crippen LogP contribution in [0.2, 0.25) is 23.7 Å². The van der Waals surface area contributed by atoms with E-state index in [9.17, 15) is 4.79 Å². The number of allylic oxidation sites excluding steroid dienone is 1. The molecule has 0 aliphatic heterocycles. The second-order valence-electron chi connectivity index (χ2n) is 8.20. The molecule has 2 aromatic carbocycles. The number of Topliss-reactive ketones (excluding diaryl/α,β-unsaturated/α-hetero) is 1. The van der Waals surface area contributed by atoms with Gasteiger partial charge in [-0.25, -0.2) is 0 Å². The van der Waals surface area contributed by atoms with Gasteiger partial charge in [0.05, 0.1) is 8.07 Å². The SMILES string of the molecule is CC[Si](CC)(CC)C(/C=C/c1c(C)cc(C)cc1C)C(=O)Cc1ccccc1. The summed E-state index contributed by atoms with van der Waals surface area (Å²) in [6.07, 6.45) is 5.04. The molecule has 0 aliphatic carbocycles. The number of aryl methyl sites for hydroxylation is 3. The van der Waals surface area contributed by atoms with Gasteiger partial charge in [0.25, 0.3) is 0 Å². The molecular formula is C26H36OSi. The molecule has 0 spiro atoms. The van der Waals surface area contributed by atoms with E-state index in [-0.39, 0.29) is 5.54 Å². The molecule has 0 amide bonds. The highest BCUT2D eigenvalue weighted by molar-refractivity contribution is 6.84. The van der Waals surface area contributed by atoms with Crippen LogP contribution < -0.4 is 0 Å². The predicted molar refractivity (Wildman–Crippen MR) is 126 cm³/mol. The first kappa shape index (κ1) is 22.4. The van der Waals surface area contributed by atoms with Crippen molar-refractivity contribution >= 4 is 19.9 Å². The third-order valence-corrected chi connectivity index (χ3v) is 12.6. The largest absolute Gasteiger partial charge is 0.299 e. The molecule has 1 nitrogen and oxygen atoms in total. The van der Waals surface area contributed by atoms with Crippen LogP contribution in [-0.2, 0) is 11.2 Å². The van der Waals surface area contributed by atoms with Gasteiger partial charge < -0.3 is 0 Å². The van der Waals surface area contributed by atoms with Crippen LogP contribution in [0.3, 0.4) is 0 Å². The first-order chi connectivity index (χ1) is 13.4. The maximum Gasteiger partial charge on any atom is 0.141 e. The van der Waals surface area contributed by atoms with Crippen molar-refractivity contribution in [1.82, 2.24) is 0 Å². The number of carbonyl (C=O) groups excluding carboxylic acids is 1. The summed E-state index contributed by atoms with van der Waals surface area (Å²) in [5.74, 6) is 0.391. The monoisotopic (exact) mass is 392 g/mol. The molecule has 2 aromatic rings. The number of ketones is 1. The zero-order chi connectivity index (χ0) is 20.7. The Hall–Kier alpha value is -1.93. The zero-order valence-electron chi connectivity index (χ0n) is 18.5. The van der Waals surface area contributed by atoms with Gasteiger partial charge in [0.2, 0.25) is 0 Å². The third-order valence-electron chi connectivity index (χ3n) is 6.53. The first-order valence-electron chi connectivity index (χ1n) is 10.7. The van der Waals surface area contributed by atoms with Crippen LogP contribution in [0, 0.1) is 20.8 Å². The fourth-order valence-corrected chi connectivity index (χ4v) is 8.73. The maximum absolute atomic E-state index is 13.5. The van der Waals surface area contributed by atoms with Crippen molar-refractivity contribution in [2.75, 3.05) is 0 Å². The Bertz CT molecular complexity index is 784. The lowest BCUT2D eigenvalue weighted by molar-refractivity contribution is -0.117. The molecule has 0 fully saturated rings. The van der Waals surface area contributed by atoms with Crippen LogP contribution in [0.1, 0.15) is 48.6 Å². The summed E-state index contributed by atoms with van der Waals surface area (Å²) in [6.45, 7) is 13.4. The molecule has 2 heteroatoms. The Morgan fingerprint density at radius 1 is 0.929 bits per heavy atom. The first-order valence-corrected chi connectivity index (χ1v) is 13.4. The Morgan fingerprint density at radius 2 is 1.46 bits per heavy atom. The number of hydrogen-bond acceptors (Lipinski definition) is 1. The Labute approximate surface area is 172 Å². The van der Waals surface area contributed by atoms with E-state index in [1.165, 1.54) is 22.3 Å². The molecule has 0 bridgehead atoms. The number of benzene rings is 2. The molecule has 0 aliphatic rings. The summed E-state index contributed by atoms with van der Waals surface area (Å²) in [5, 5.41) is 0. The van der Waals surface area contributed by atoms with E-state index in [0.717, 1.165) is 23.7 Å². The van der Waals surface area contributed by atoms with Gasteiger partial charge in [0.1, 0.15) is 5.78 Å². The average Bonchev–Trinajstić information content (AvgIpc) is 2.67. The minimum Gasteiger partial charge on any atom is -0.299 e. The quantitative estimate of drug-likeness (QED) is 0.409. The highest BCUT2D eigenvalue weighted by Crippen LogP contribution is 2.37. The Kier molecular flexibility index (Phi) is 8.00. The van der Waals surface area contributed by atoms with Crippen molar-refractivity contribution in [3.8, 4) is 0 Å². The predicted octanol–water partition coefficient (Wildman–Crippen LogP) is 7.32. The van der Waals surface area contributed by atoms with Crippen LogP contribution in [0.25, 0.3) is 6.08 Å². The van der Waals surface area contributed by atoms with Crippen LogP contribution in [0.15, 0.2) is 48.5 Å². The Morgan fingerprint density at radius 3 is 1.96 bits per heavy atom. The van der Waals surface area contributed by atoms with Gasteiger partial charge in [-0.3, -0.25) is 4.79 Å². The van der Waals surface area contributed by atoms with E-state index in [2.05, 4.69) is 78.0 Å². The number of rotatable bonds is 9. The van der Waals surface area contributed by atoms with E-state index in [4.69, 9.17) is 0 Å². The van der Waals surface area contributed by atoms with Gasteiger partial charge in [0.15, 0.2) is 0 Å². The van der Waals surface area contributed by atoms with E-state index in [0.29, 0.717) is 12.2 Å². The summed E-state index contributed by atoms with van der Waals surface area (Å²) >= 11 is 0. The van der Waals surface area contributed by atoms with Gasteiger partial charge >= 0.3 is 0 Å². The molecular weight excluding hydrogens is 356 g/mol. The molecule has 2 rings (SSSR count). The normalized spacial score (nSPS) is 13.1. The summed E-state index contributed by atoms with van der Waals surface area (Å²) in [6, 6.07) is 18.1. The third kappa shape index (κ3) is 5.11. The van der Waals surface area contributed by atoms with Gasteiger partial charge in [0, 0.05) is 12.0 Å². The molecule has 0 saturated carbocycles. The smallest absolute Gasteiger partial charge is 0.141 e. The lowest BCUT2D eigenvalue weighted by atomic mass is 9.98. The van der Waals surface area contributed by atoms with Gasteiger partial charge in [-0.1, -0.05) is 99.1 Å². The van der Waals surface area contributed by atoms with E-state index >= 15 is 0 Å². The molecule has 0 aromatic heterocycles. The second kappa shape index (κ2) is 10.0. The maximum atomic E-state index is 13.5. The summed E-state index contributed by atoms with van der Waals surface area (Å²) < 4.78 is 0. The van der Waals surface area contributed by atoms with Crippen LogP contribution >= 0.6 is 0 Å². The molecule has 28 heavy (non-hydrogen) atoms. The molecule has 0 saturated heterocycles. The molecule has 0 N–H and O–H groups in total. The highest BCUT2D eigenvalue weighted by atomic mass is 28.3. The highest BCUT2D eigenvalue weighted by Gasteiger charge is 2.38. The molecule has 0 heterocycles. The van der Waals surface area contributed by atoms with Gasteiger partial charge in [-0.2, -0.15) is 0 Å². The number of carbonyl (C=O) groups is 1. The lowest BCUT2D eigenvalue weighted by Crippen LogP contribution is -2.41. The van der Waals surface area contributed by atoms with Crippen molar-refractivity contribution in [2.24, 2.45) is 0 Å². The van der Waals surface area contributed by atoms with Crippen molar-refractivity contribution in [1.29, 1.82) is 0 Å². The topological polar surface area (TPSA) is 17.1 Å². The van der Waals surface area contributed by atoms with Crippen LogP contribution in [0.4, 0.5) is 0 Å². The lowest BCUT2D eigenvalue weighted by Gasteiger charge is -2.34. The van der Waals surface area contributed by atoms with E-state index in [1.54, 1.807) is 0 Å². The zero-order valence-corrected chi connectivity index (χ0v) is 19.5. The Balaban J connectivity index is 2.42. The van der Waals surface area contributed by atoms with Crippen molar-refractivity contribution < 1.29 is 4.79 Å². The molecule has 150 valence electrons. The number of hydrogen-bond donors (Lipinski definition) is 0. The fraction of sp³-hybridized carbons (Fsp3) is 0.423. The fourth-order valence-electron chi connectivity index (χ4n) is 4.62. The van der Waals surface area contributed by atoms with Crippen molar-refractivity contribution in [3.05, 3.63) is 76.4 Å². The van der Waals surface area contributed by atoms with Crippen molar-refractivity contribution in [2.45, 2.75) is 71.6 Å².